The third-order valence-electron chi connectivity index (χ3n) is 6.61. The van der Waals surface area contributed by atoms with E-state index >= 15 is 0 Å². The van der Waals surface area contributed by atoms with Gasteiger partial charge < -0.3 is 15.4 Å². The number of ether oxygens (including phenoxy) is 1. The molecule has 3 aromatic rings. The zero-order chi connectivity index (χ0) is 23.4. The van der Waals surface area contributed by atoms with Crippen LogP contribution in [0.25, 0.3) is 10.9 Å². The molecule has 1 heterocycles. The lowest BCUT2D eigenvalue weighted by molar-refractivity contribution is -0.132. The predicted molar refractivity (Wildman–Crippen MR) is 131 cm³/mol. The van der Waals surface area contributed by atoms with Crippen LogP contribution >= 0.6 is 0 Å². The van der Waals surface area contributed by atoms with Gasteiger partial charge in [-0.3, -0.25) is 14.2 Å². The number of hydrogen-bond donors (Lipinski definition) is 1. The van der Waals surface area contributed by atoms with E-state index in [1.54, 1.807) is 18.2 Å². The fraction of sp³-hybridized carbons (Fsp3) is 0.423. The van der Waals surface area contributed by atoms with Gasteiger partial charge in [-0.25, -0.2) is 4.98 Å². The van der Waals surface area contributed by atoms with E-state index in [0.717, 1.165) is 12.8 Å². The molecule has 1 atom stereocenters. The first-order valence-electron chi connectivity index (χ1n) is 11.7. The van der Waals surface area contributed by atoms with Gasteiger partial charge in [-0.1, -0.05) is 37.5 Å². The fourth-order valence-electron chi connectivity index (χ4n) is 4.62. The summed E-state index contributed by atoms with van der Waals surface area (Å²) in [5.41, 5.74) is 6.46. The van der Waals surface area contributed by atoms with Crippen LogP contribution in [0.3, 0.4) is 0 Å². The Morgan fingerprint density at radius 1 is 1.15 bits per heavy atom. The number of carbonyl (C=O) groups excluding carboxylic acids is 1. The van der Waals surface area contributed by atoms with E-state index in [4.69, 9.17) is 10.5 Å². The zero-order valence-electron chi connectivity index (χ0n) is 19.4. The molecular formula is C26H32N4O3. The number of nitrogen functional groups attached to an aromatic ring is 1. The van der Waals surface area contributed by atoms with Crippen LogP contribution < -0.4 is 16.0 Å². The molecule has 174 valence electrons. The molecule has 1 saturated carbocycles. The Labute approximate surface area is 194 Å². The smallest absolute Gasteiger partial charge is 0.263 e. The van der Waals surface area contributed by atoms with E-state index in [1.807, 2.05) is 49.2 Å². The third-order valence-corrected chi connectivity index (χ3v) is 6.61. The van der Waals surface area contributed by atoms with Crippen LogP contribution in [-0.2, 0) is 4.79 Å². The van der Waals surface area contributed by atoms with Crippen molar-refractivity contribution in [3.8, 4) is 11.5 Å². The molecule has 1 aromatic heterocycles. The molecule has 7 heteroatoms. The summed E-state index contributed by atoms with van der Waals surface area (Å²) in [6, 6.07) is 14.7. The van der Waals surface area contributed by atoms with Gasteiger partial charge in [0.2, 0.25) is 11.9 Å². The number of rotatable bonds is 7. The average Bonchev–Trinajstić information content (AvgIpc) is 2.83. The molecule has 33 heavy (non-hydrogen) atoms. The van der Waals surface area contributed by atoms with Crippen molar-refractivity contribution in [3.63, 3.8) is 0 Å². The lowest BCUT2D eigenvalue weighted by Crippen LogP contribution is -2.38. The third kappa shape index (κ3) is 5.18. The number of para-hydroxylation sites is 1. The van der Waals surface area contributed by atoms with Crippen molar-refractivity contribution in [2.24, 2.45) is 0 Å². The first-order valence-corrected chi connectivity index (χ1v) is 11.7. The summed E-state index contributed by atoms with van der Waals surface area (Å²) in [6.45, 7) is 1.91. The summed E-state index contributed by atoms with van der Waals surface area (Å²) in [5, 5.41) is 0.440. The van der Waals surface area contributed by atoms with Gasteiger partial charge in [0.25, 0.3) is 5.56 Å². The van der Waals surface area contributed by atoms with Crippen molar-refractivity contribution in [1.29, 1.82) is 0 Å². The molecule has 0 aliphatic heterocycles. The Bertz CT molecular complexity index is 1170. The molecule has 1 aliphatic carbocycles. The fourth-order valence-corrected chi connectivity index (χ4v) is 4.62. The second-order valence-corrected chi connectivity index (χ2v) is 8.92. The molecule has 7 nitrogen and oxygen atoms in total. The second-order valence-electron chi connectivity index (χ2n) is 8.92. The highest BCUT2D eigenvalue weighted by atomic mass is 16.5. The summed E-state index contributed by atoms with van der Waals surface area (Å²) in [4.78, 5) is 32.4. The predicted octanol–water partition coefficient (Wildman–Crippen LogP) is 4.90. The van der Waals surface area contributed by atoms with Gasteiger partial charge in [0.05, 0.1) is 10.9 Å². The normalized spacial score (nSPS) is 15.3. The molecule has 0 saturated heterocycles. The number of anilines is 1. The van der Waals surface area contributed by atoms with Crippen LogP contribution in [-0.4, -0.2) is 33.4 Å². The van der Waals surface area contributed by atoms with Crippen LogP contribution in [0.2, 0.25) is 0 Å². The second kappa shape index (κ2) is 10.1. The number of hydrogen-bond acceptors (Lipinski definition) is 5. The van der Waals surface area contributed by atoms with Crippen LogP contribution in [0, 0.1) is 0 Å². The van der Waals surface area contributed by atoms with Crippen molar-refractivity contribution >= 4 is 22.8 Å². The molecule has 4 rings (SSSR count). The Morgan fingerprint density at radius 3 is 2.61 bits per heavy atom. The number of nitrogens with zero attached hydrogens (tertiary/aromatic N) is 3. The molecule has 1 fully saturated rings. The Morgan fingerprint density at radius 2 is 1.88 bits per heavy atom. The van der Waals surface area contributed by atoms with Crippen LogP contribution in [0.5, 0.6) is 11.5 Å². The van der Waals surface area contributed by atoms with E-state index in [2.05, 4.69) is 4.98 Å². The first-order chi connectivity index (χ1) is 15.9. The van der Waals surface area contributed by atoms with E-state index in [0.29, 0.717) is 41.3 Å². The van der Waals surface area contributed by atoms with Gasteiger partial charge in [0, 0.05) is 25.6 Å². The van der Waals surface area contributed by atoms with Crippen molar-refractivity contribution in [1.82, 2.24) is 14.5 Å². The molecule has 0 spiro atoms. The van der Waals surface area contributed by atoms with E-state index < -0.39 is 0 Å². The minimum atomic E-state index is -0.253. The van der Waals surface area contributed by atoms with Gasteiger partial charge >= 0.3 is 0 Å². The summed E-state index contributed by atoms with van der Waals surface area (Å²) in [6.07, 6.45) is 6.67. The Hall–Kier alpha value is -3.35. The highest BCUT2D eigenvalue weighted by molar-refractivity contribution is 5.80. The van der Waals surface area contributed by atoms with E-state index in [9.17, 15) is 9.59 Å². The lowest BCUT2D eigenvalue weighted by Gasteiger charge is -2.31. The number of aromatic nitrogens is 2. The number of fused-ring (bicyclic) bond motifs is 1. The minimum Gasteiger partial charge on any atom is -0.457 e. The molecule has 1 aliphatic rings. The average molecular weight is 449 g/mol. The topological polar surface area (TPSA) is 90.5 Å². The molecular weight excluding hydrogens is 416 g/mol. The van der Waals surface area contributed by atoms with Crippen molar-refractivity contribution in [2.75, 3.05) is 12.8 Å². The number of benzene rings is 2. The van der Waals surface area contributed by atoms with Crippen molar-refractivity contribution in [2.45, 2.75) is 64.0 Å². The Balaban J connectivity index is 1.51. The van der Waals surface area contributed by atoms with Crippen molar-refractivity contribution < 1.29 is 9.53 Å². The van der Waals surface area contributed by atoms with Gasteiger partial charge in [-0.05, 0) is 56.5 Å². The highest BCUT2D eigenvalue weighted by Crippen LogP contribution is 2.26. The van der Waals surface area contributed by atoms with Gasteiger partial charge in [0.1, 0.15) is 11.5 Å². The Kier molecular flexibility index (Phi) is 6.96. The molecule has 2 N–H and O–H groups in total. The molecule has 0 radical (unpaired) electrons. The molecule has 2 aromatic carbocycles. The standard InChI is InChI=1S/C26H32N4O3/c1-18(13-16-24(31)29(2)19-9-5-3-6-10-19)30-25(32)22-17-21(14-15-23(22)28-26(30)27)33-20-11-7-4-8-12-20/h4,7-8,11-12,14-15,17-19H,3,5-6,9-10,13,16H2,1-2H3,(H2,27,28)/t18-/m1/s1. The SMILES string of the molecule is C[C@H](CCC(=O)N(C)C1CCCCC1)n1c(N)nc2ccc(Oc3ccccc3)cc2c1=O. The lowest BCUT2D eigenvalue weighted by atomic mass is 9.94. The number of carbonyl (C=O) groups is 1. The number of nitrogens with two attached hydrogens (primary N) is 1. The maximum Gasteiger partial charge on any atom is 0.263 e. The maximum atomic E-state index is 13.3. The van der Waals surface area contributed by atoms with Gasteiger partial charge in [-0.15, -0.1) is 0 Å². The van der Waals surface area contributed by atoms with Crippen LogP contribution in [0.1, 0.15) is 57.9 Å². The van der Waals surface area contributed by atoms with E-state index in [-0.39, 0.29) is 23.5 Å². The summed E-state index contributed by atoms with van der Waals surface area (Å²) in [5.74, 6) is 1.52. The summed E-state index contributed by atoms with van der Waals surface area (Å²) >= 11 is 0. The monoisotopic (exact) mass is 448 g/mol. The molecule has 0 unspecified atom stereocenters. The van der Waals surface area contributed by atoms with Crippen molar-refractivity contribution in [3.05, 3.63) is 58.9 Å². The summed E-state index contributed by atoms with van der Waals surface area (Å²) < 4.78 is 7.37. The minimum absolute atomic E-state index is 0.118. The molecule has 0 bridgehead atoms. The first kappa shape index (κ1) is 22.8. The number of amides is 1. The van der Waals surface area contributed by atoms with Crippen LogP contribution in [0.15, 0.2) is 53.3 Å². The van der Waals surface area contributed by atoms with E-state index in [1.165, 1.54) is 23.8 Å². The maximum absolute atomic E-state index is 13.3. The highest BCUT2D eigenvalue weighted by Gasteiger charge is 2.23. The van der Waals surface area contributed by atoms with Crippen LogP contribution in [0.4, 0.5) is 5.95 Å². The van der Waals surface area contributed by atoms with Gasteiger partial charge in [0.15, 0.2) is 0 Å². The molecule has 1 amide bonds. The summed E-state index contributed by atoms with van der Waals surface area (Å²) in [7, 11) is 1.90. The largest absolute Gasteiger partial charge is 0.457 e. The quantitative estimate of drug-likeness (QED) is 0.555. The van der Waals surface area contributed by atoms with Gasteiger partial charge in [-0.2, -0.15) is 0 Å². The zero-order valence-corrected chi connectivity index (χ0v) is 19.4.